The van der Waals surface area contributed by atoms with Gasteiger partial charge in [-0.15, -0.1) is 23.5 Å². The van der Waals surface area contributed by atoms with Gasteiger partial charge in [0.15, 0.2) is 17.3 Å². The van der Waals surface area contributed by atoms with E-state index < -0.39 is 11.8 Å². The molecule has 0 N–H and O–H groups in total. The number of carbonyl (C=O) groups is 2. The molecule has 1 heterocycles. The smallest absolute Gasteiger partial charge is 0.231 e. The van der Waals surface area contributed by atoms with Gasteiger partial charge in [-0.2, -0.15) is 0 Å². The first kappa shape index (κ1) is 17.1. The molecule has 0 saturated heterocycles. The summed E-state index contributed by atoms with van der Waals surface area (Å²) in [6.45, 7) is 0.0936. The number of aliphatic carboxylic acids is 1. The quantitative estimate of drug-likeness (QED) is 0.436. The van der Waals surface area contributed by atoms with Crippen molar-refractivity contribution in [3.05, 3.63) is 32.5 Å². The van der Waals surface area contributed by atoms with E-state index in [4.69, 9.17) is 21.1 Å². The van der Waals surface area contributed by atoms with E-state index in [0.717, 1.165) is 0 Å². The van der Waals surface area contributed by atoms with E-state index in [-0.39, 0.29) is 18.8 Å². The highest BCUT2D eigenvalue weighted by Gasteiger charge is 2.21. The van der Waals surface area contributed by atoms with Crippen LogP contribution in [0.5, 0.6) is 11.5 Å². The van der Waals surface area contributed by atoms with Crippen LogP contribution >= 0.6 is 35.1 Å². The molecule has 0 aromatic heterocycles. The van der Waals surface area contributed by atoms with E-state index in [2.05, 4.69) is 0 Å². The molecule has 0 amide bonds. The number of Topliss-reactive ketones (excluding diaryl/α,β-unsaturated/α-hetero) is 1. The number of carbonyl (C=O) groups excluding carboxylic acids is 2. The molecular formula is C14H12ClO5S2-. The lowest BCUT2D eigenvalue weighted by Gasteiger charge is -2.13. The third-order valence-corrected chi connectivity index (χ3v) is 5.45. The van der Waals surface area contributed by atoms with E-state index in [1.807, 2.05) is 0 Å². The van der Waals surface area contributed by atoms with Crippen molar-refractivity contribution >= 4 is 46.9 Å². The van der Waals surface area contributed by atoms with Crippen molar-refractivity contribution in [1.82, 2.24) is 0 Å². The summed E-state index contributed by atoms with van der Waals surface area (Å²) in [6, 6.07) is 3.15. The molecule has 0 bridgehead atoms. The number of hydrogen-bond acceptors (Lipinski definition) is 7. The molecule has 8 heteroatoms. The average molecular weight is 360 g/mol. The minimum absolute atomic E-state index is 0.0936. The van der Waals surface area contributed by atoms with Crippen molar-refractivity contribution in [2.45, 2.75) is 6.42 Å². The molecule has 1 aromatic rings. The van der Waals surface area contributed by atoms with Crippen molar-refractivity contribution in [3.8, 4) is 11.5 Å². The molecule has 0 fully saturated rings. The molecule has 2 rings (SSSR count). The second kappa shape index (κ2) is 7.30. The van der Waals surface area contributed by atoms with Crippen LogP contribution in [0.2, 0.25) is 5.02 Å². The summed E-state index contributed by atoms with van der Waals surface area (Å²) >= 11 is 8.49. The van der Waals surface area contributed by atoms with Crippen LogP contribution in [0.25, 0.3) is 0 Å². The lowest BCUT2D eigenvalue weighted by molar-refractivity contribution is -0.298. The predicted octanol–water partition coefficient (Wildman–Crippen LogP) is 1.87. The zero-order chi connectivity index (χ0) is 16.3. The van der Waals surface area contributed by atoms with Crippen molar-refractivity contribution in [1.29, 1.82) is 0 Å². The predicted molar refractivity (Wildman–Crippen MR) is 85.3 cm³/mol. The van der Waals surface area contributed by atoms with Crippen LogP contribution in [0.1, 0.15) is 5.56 Å². The van der Waals surface area contributed by atoms with Crippen molar-refractivity contribution < 1.29 is 24.2 Å². The Hall–Kier alpha value is -1.31. The number of carboxylic acid groups (broad SMARTS) is 1. The van der Waals surface area contributed by atoms with Gasteiger partial charge in [0.05, 0.1) is 15.8 Å². The number of hydrogen-bond donors (Lipinski definition) is 0. The molecule has 1 aliphatic heterocycles. The van der Waals surface area contributed by atoms with Crippen LogP contribution in [0.4, 0.5) is 0 Å². The standard InChI is InChI=1S/C14H13ClO5S2/c1-21-14(22-2)12(13(17)18)9(16)3-7-4-10-11(5-8(7)15)20-6-19-10/h4-5H,3,6H2,1-2H3,(H,17,18)/p-1. The van der Waals surface area contributed by atoms with E-state index in [1.54, 1.807) is 24.6 Å². The minimum atomic E-state index is -1.49. The first-order valence-corrected chi connectivity index (χ1v) is 8.95. The highest BCUT2D eigenvalue weighted by molar-refractivity contribution is 8.21. The first-order valence-electron chi connectivity index (χ1n) is 6.12. The highest BCUT2D eigenvalue weighted by atomic mass is 35.5. The second-order valence-electron chi connectivity index (χ2n) is 4.25. The second-order valence-corrected chi connectivity index (χ2v) is 6.55. The summed E-state index contributed by atoms with van der Waals surface area (Å²) in [6.07, 6.45) is 3.26. The Balaban J connectivity index is 2.32. The Morgan fingerprint density at radius 3 is 2.36 bits per heavy atom. The third kappa shape index (κ3) is 3.53. The van der Waals surface area contributed by atoms with Crippen LogP contribution in [0.15, 0.2) is 21.9 Å². The summed E-state index contributed by atoms with van der Waals surface area (Å²) in [5, 5.41) is 11.6. The Kier molecular flexibility index (Phi) is 5.66. The number of halogens is 1. The molecule has 0 atom stereocenters. The maximum Gasteiger partial charge on any atom is 0.231 e. The van der Waals surface area contributed by atoms with Gasteiger partial charge < -0.3 is 19.4 Å². The number of ether oxygens (including phenoxy) is 2. The SMILES string of the molecule is CSC(SC)=C(C(=O)[O-])C(=O)Cc1cc2c(cc1Cl)OCO2. The fourth-order valence-corrected chi connectivity index (χ4v) is 3.64. The van der Waals surface area contributed by atoms with Crippen LogP contribution in [0.3, 0.4) is 0 Å². The normalized spacial score (nSPS) is 12.1. The molecule has 5 nitrogen and oxygen atoms in total. The number of rotatable bonds is 6. The van der Waals surface area contributed by atoms with Gasteiger partial charge in [-0.1, -0.05) is 11.6 Å². The van der Waals surface area contributed by atoms with E-state index in [0.29, 0.717) is 26.3 Å². The van der Waals surface area contributed by atoms with Gasteiger partial charge in [-0.3, -0.25) is 4.79 Å². The molecule has 1 aromatic carbocycles. The molecule has 118 valence electrons. The van der Waals surface area contributed by atoms with Crippen molar-refractivity contribution in [2.24, 2.45) is 0 Å². The van der Waals surface area contributed by atoms with Gasteiger partial charge in [0.1, 0.15) is 0 Å². The van der Waals surface area contributed by atoms with Gasteiger partial charge in [0.2, 0.25) is 6.79 Å². The maximum absolute atomic E-state index is 12.3. The summed E-state index contributed by atoms with van der Waals surface area (Å²) in [5.74, 6) is -1.05. The van der Waals surface area contributed by atoms with Gasteiger partial charge in [-0.25, -0.2) is 0 Å². The molecule has 0 saturated carbocycles. The fraction of sp³-hybridized carbons (Fsp3) is 0.286. The summed E-state index contributed by atoms with van der Waals surface area (Å²) in [7, 11) is 0. The Morgan fingerprint density at radius 1 is 1.23 bits per heavy atom. The van der Waals surface area contributed by atoms with Crippen LogP contribution in [-0.4, -0.2) is 31.1 Å². The molecule has 0 radical (unpaired) electrons. The Morgan fingerprint density at radius 2 is 1.82 bits per heavy atom. The van der Waals surface area contributed by atoms with Crippen LogP contribution in [0, 0.1) is 0 Å². The monoisotopic (exact) mass is 359 g/mol. The number of thioether (sulfide) groups is 2. The minimum Gasteiger partial charge on any atom is -0.545 e. The number of ketones is 1. The highest BCUT2D eigenvalue weighted by Crippen LogP contribution is 2.37. The summed E-state index contributed by atoms with van der Waals surface area (Å²) in [5.41, 5.74) is 0.157. The largest absolute Gasteiger partial charge is 0.545 e. The number of benzene rings is 1. The van der Waals surface area contributed by atoms with Gasteiger partial charge in [0.25, 0.3) is 0 Å². The topological polar surface area (TPSA) is 75.7 Å². The van der Waals surface area contributed by atoms with E-state index in [9.17, 15) is 14.7 Å². The van der Waals surface area contributed by atoms with Gasteiger partial charge >= 0.3 is 0 Å². The lowest BCUT2D eigenvalue weighted by Crippen LogP contribution is -2.30. The average Bonchev–Trinajstić information content (AvgIpc) is 2.91. The van der Waals surface area contributed by atoms with Gasteiger partial charge in [-0.05, 0) is 24.1 Å². The zero-order valence-corrected chi connectivity index (χ0v) is 14.2. The van der Waals surface area contributed by atoms with Crippen molar-refractivity contribution in [2.75, 3.05) is 19.3 Å². The summed E-state index contributed by atoms with van der Waals surface area (Å²) in [4.78, 5) is 23.6. The molecule has 22 heavy (non-hydrogen) atoms. The molecule has 1 aliphatic rings. The lowest BCUT2D eigenvalue weighted by atomic mass is 10.0. The van der Waals surface area contributed by atoms with Crippen LogP contribution in [-0.2, 0) is 16.0 Å². The van der Waals surface area contributed by atoms with Crippen molar-refractivity contribution in [3.63, 3.8) is 0 Å². The number of carboxylic acids is 1. The molecule has 0 unspecified atom stereocenters. The fourth-order valence-electron chi connectivity index (χ4n) is 1.95. The Bertz CT molecular complexity index is 651. The maximum atomic E-state index is 12.3. The summed E-state index contributed by atoms with van der Waals surface area (Å²) < 4.78 is 10.8. The van der Waals surface area contributed by atoms with Crippen LogP contribution < -0.4 is 14.6 Å². The molecule has 0 spiro atoms. The van der Waals surface area contributed by atoms with E-state index >= 15 is 0 Å². The third-order valence-electron chi connectivity index (χ3n) is 2.95. The first-order chi connectivity index (χ1) is 10.5. The Labute approximate surface area is 141 Å². The molecule has 0 aliphatic carbocycles. The van der Waals surface area contributed by atoms with E-state index in [1.165, 1.54) is 23.5 Å². The zero-order valence-electron chi connectivity index (χ0n) is 11.8. The number of fused-ring (bicyclic) bond motifs is 1. The molecular weight excluding hydrogens is 348 g/mol. The van der Waals surface area contributed by atoms with Gasteiger partial charge in [0, 0.05) is 17.5 Å².